The third kappa shape index (κ3) is 2.94. The molecule has 0 N–H and O–H groups in total. The van der Waals surface area contributed by atoms with E-state index in [1.54, 1.807) is 17.0 Å². The van der Waals surface area contributed by atoms with Crippen molar-refractivity contribution in [2.45, 2.75) is 18.2 Å². The number of hydrogen-bond acceptors (Lipinski definition) is 1. The van der Waals surface area contributed by atoms with E-state index in [4.69, 9.17) is 0 Å². The molecule has 1 saturated heterocycles. The Morgan fingerprint density at radius 1 is 1.50 bits per heavy atom. The van der Waals surface area contributed by atoms with Crippen LogP contribution in [0.1, 0.15) is 23.7 Å². The summed E-state index contributed by atoms with van der Waals surface area (Å²) in [5.74, 6) is -0.296. The molecule has 0 aromatic heterocycles. The molecule has 2 atom stereocenters. The number of nitrogens with zero attached hydrogens (tertiary/aromatic N) is 1. The molecule has 1 fully saturated rings. The van der Waals surface area contributed by atoms with Gasteiger partial charge in [-0.25, -0.2) is 4.39 Å². The molecule has 2 unspecified atom stereocenters. The monoisotopic (exact) mass is 377 g/mol. The first-order valence-corrected chi connectivity index (χ1v) is 7.58. The summed E-state index contributed by atoms with van der Waals surface area (Å²) in [5.41, 5.74) is 0.143. The van der Waals surface area contributed by atoms with Gasteiger partial charge in [0.05, 0.1) is 5.56 Å². The Bertz CT molecular complexity index is 466. The molecule has 5 heteroatoms. The van der Waals surface area contributed by atoms with E-state index in [0.717, 1.165) is 10.9 Å². The summed E-state index contributed by atoms with van der Waals surface area (Å²) < 4.78 is 14.4. The second-order valence-corrected chi connectivity index (χ2v) is 6.75. The van der Waals surface area contributed by atoms with Crippen LogP contribution in [0.3, 0.4) is 0 Å². The lowest BCUT2D eigenvalue weighted by Crippen LogP contribution is -2.43. The molecular weight excluding hydrogens is 365 g/mol. The Kier molecular flexibility index (Phi) is 4.43. The lowest BCUT2D eigenvalue weighted by atomic mass is 9.99. The zero-order chi connectivity index (χ0) is 13.3. The number of alkyl halides is 1. The molecule has 0 bridgehead atoms. The Morgan fingerprint density at radius 3 is 2.89 bits per heavy atom. The van der Waals surface area contributed by atoms with Crippen molar-refractivity contribution in [2.24, 2.45) is 5.92 Å². The largest absolute Gasteiger partial charge is 0.338 e. The maximum absolute atomic E-state index is 13.7. The van der Waals surface area contributed by atoms with Crippen molar-refractivity contribution in [3.05, 3.63) is 34.1 Å². The molecule has 0 saturated carbocycles. The Hall–Kier alpha value is -0.420. The van der Waals surface area contributed by atoms with Gasteiger partial charge in [-0.1, -0.05) is 38.8 Å². The molecule has 2 nitrogen and oxygen atoms in total. The van der Waals surface area contributed by atoms with E-state index in [1.165, 1.54) is 6.07 Å². The highest BCUT2D eigenvalue weighted by Crippen LogP contribution is 2.25. The highest BCUT2D eigenvalue weighted by Gasteiger charge is 2.28. The second kappa shape index (κ2) is 5.70. The fourth-order valence-corrected chi connectivity index (χ4v) is 2.87. The van der Waals surface area contributed by atoms with Crippen LogP contribution in [0.25, 0.3) is 0 Å². The number of amides is 1. The van der Waals surface area contributed by atoms with Crippen LogP contribution in [0.15, 0.2) is 22.7 Å². The highest BCUT2D eigenvalue weighted by molar-refractivity contribution is 9.10. The van der Waals surface area contributed by atoms with Gasteiger partial charge in [-0.2, -0.15) is 0 Å². The number of likely N-dealkylation sites (tertiary alicyclic amines) is 1. The predicted octanol–water partition coefficient (Wildman–Crippen LogP) is 3.83. The molecule has 1 aromatic rings. The molecule has 0 spiro atoms. The van der Waals surface area contributed by atoms with Gasteiger partial charge in [0, 0.05) is 22.4 Å². The van der Waals surface area contributed by atoms with Crippen LogP contribution < -0.4 is 0 Å². The summed E-state index contributed by atoms with van der Waals surface area (Å²) >= 11 is 6.86. The molecule has 1 amide bonds. The maximum atomic E-state index is 13.7. The number of halogens is 3. The maximum Gasteiger partial charge on any atom is 0.256 e. The fourth-order valence-electron chi connectivity index (χ4n) is 2.13. The van der Waals surface area contributed by atoms with Crippen molar-refractivity contribution >= 4 is 37.8 Å². The van der Waals surface area contributed by atoms with Crippen LogP contribution in [0.2, 0.25) is 0 Å². The average molecular weight is 379 g/mol. The molecule has 1 heterocycles. The van der Waals surface area contributed by atoms with Crippen LogP contribution in [-0.4, -0.2) is 28.7 Å². The van der Waals surface area contributed by atoms with Gasteiger partial charge in [0.1, 0.15) is 5.82 Å². The first kappa shape index (κ1) is 14.0. The van der Waals surface area contributed by atoms with E-state index in [9.17, 15) is 9.18 Å². The van der Waals surface area contributed by atoms with E-state index in [1.807, 2.05) is 0 Å². The predicted molar refractivity (Wildman–Crippen MR) is 76.5 cm³/mol. The Balaban J connectivity index is 2.19. The number of carbonyl (C=O) groups excluding carboxylic acids is 1. The van der Waals surface area contributed by atoms with Gasteiger partial charge in [0.15, 0.2) is 0 Å². The molecule has 1 aliphatic heterocycles. The van der Waals surface area contributed by atoms with E-state index in [0.29, 0.717) is 23.8 Å². The van der Waals surface area contributed by atoms with Crippen molar-refractivity contribution in [3.63, 3.8) is 0 Å². The molecule has 1 aromatic carbocycles. The van der Waals surface area contributed by atoms with Gasteiger partial charge >= 0.3 is 0 Å². The van der Waals surface area contributed by atoms with Crippen LogP contribution >= 0.6 is 31.9 Å². The topological polar surface area (TPSA) is 20.3 Å². The summed E-state index contributed by atoms with van der Waals surface area (Å²) in [6.07, 6.45) is 0.905. The average Bonchev–Trinajstić information content (AvgIpc) is 2.35. The van der Waals surface area contributed by atoms with Crippen molar-refractivity contribution in [1.82, 2.24) is 4.90 Å². The van der Waals surface area contributed by atoms with E-state index >= 15 is 0 Å². The lowest BCUT2D eigenvalue weighted by Gasteiger charge is -2.34. The summed E-state index contributed by atoms with van der Waals surface area (Å²) in [6, 6.07) is 4.46. The standard InChI is InChI=1S/C13H14Br2FNO/c1-8-7-17(5-4-11(8)15)13(18)10-6-9(14)2-3-12(10)16/h2-3,6,8,11H,4-5,7H2,1H3. The van der Waals surface area contributed by atoms with Crippen LogP contribution in [-0.2, 0) is 0 Å². The molecule has 98 valence electrons. The third-order valence-corrected chi connectivity index (χ3v) is 5.10. The van der Waals surface area contributed by atoms with Crippen LogP contribution in [0.5, 0.6) is 0 Å². The SMILES string of the molecule is CC1CN(C(=O)c2cc(Br)ccc2F)CCC1Br. The number of benzene rings is 1. The molecule has 18 heavy (non-hydrogen) atoms. The van der Waals surface area contributed by atoms with E-state index in [2.05, 4.69) is 38.8 Å². The Morgan fingerprint density at radius 2 is 2.22 bits per heavy atom. The van der Waals surface area contributed by atoms with E-state index in [-0.39, 0.29) is 11.5 Å². The summed E-state index contributed by atoms with van der Waals surface area (Å²) in [7, 11) is 0. The van der Waals surface area contributed by atoms with Crippen molar-refractivity contribution in [2.75, 3.05) is 13.1 Å². The first-order valence-electron chi connectivity index (χ1n) is 5.87. The molecule has 2 rings (SSSR count). The minimum absolute atomic E-state index is 0.143. The van der Waals surface area contributed by atoms with Gasteiger partial charge in [0.2, 0.25) is 0 Å². The summed E-state index contributed by atoms with van der Waals surface area (Å²) in [5, 5.41) is 0. The minimum Gasteiger partial charge on any atom is -0.338 e. The smallest absolute Gasteiger partial charge is 0.256 e. The van der Waals surface area contributed by atoms with Crippen molar-refractivity contribution in [1.29, 1.82) is 0 Å². The number of hydrogen-bond donors (Lipinski definition) is 0. The second-order valence-electron chi connectivity index (χ2n) is 4.66. The van der Waals surface area contributed by atoms with Gasteiger partial charge in [-0.3, -0.25) is 4.79 Å². The quantitative estimate of drug-likeness (QED) is 0.680. The Labute approximate surface area is 123 Å². The van der Waals surface area contributed by atoms with Crippen molar-refractivity contribution < 1.29 is 9.18 Å². The summed E-state index contributed by atoms with van der Waals surface area (Å²) in [4.78, 5) is 14.4. The normalized spacial score (nSPS) is 24.1. The highest BCUT2D eigenvalue weighted by atomic mass is 79.9. The summed E-state index contributed by atoms with van der Waals surface area (Å²) in [6.45, 7) is 3.43. The number of piperidine rings is 1. The van der Waals surface area contributed by atoms with Gasteiger partial charge in [-0.15, -0.1) is 0 Å². The molecular formula is C13H14Br2FNO. The van der Waals surface area contributed by atoms with Gasteiger partial charge in [-0.05, 0) is 30.5 Å². The fraction of sp³-hybridized carbons (Fsp3) is 0.462. The van der Waals surface area contributed by atoms with Gasteiger partial charge in [0.25, 0.3) is 5.91 Å². The number of carbonyl (C=O) groups is 1. The minimum atomic E-state index is -0.461. The van der Waals surface area contributed by atoms with Crippen molar-refractivity contribution in [3.8, 4) is 0 Å². The zero-order valence-corrected chi connectivity index (χ0v) is 13.2. The molecule has 1 aliphatic rings. The van der Waals surface area contributed by atoms with Gasteiger partial charge < -0.3 is 4.90 Å². The third-order valence-electron chi connectivity index (χ3n) is 3.25. The van der Waals surface area contributed by atoms with E-state index < -0.39 is 5.82 Å². The lowest BCUT2D eigenvalue weighted by molar-refractivity contribution is 0.0685. The van der Waals surface area contributed by atoms with Crippen LogP contribution in [0.4, 0.5) is 4.39 Å². The number of rotatable bonds is 1. The zero-order valence-electron chi connectivity index (χ0n) is 10.00. The first-order chi connectivity index (χ1) is 8.49. The molecule has 0 radical (unpaired) electrons. The van der Waals surface area contributed by atoms with Crippen LogP contribution in [0, 0.1) is 11.7 Å². The molecule has 0 aliphatic carbocycles.